The molecule has 2 fully saturated rings. The summed E-state index contributed by atoms with van der Waals surface area (Å²) >= 11 is 0. The molecule has 1 saturated carbocycles. The van der Waals surface area contributed by atoms with Gasteiger partial charge in [0.25, 0.3) is 0 Å². The van der Waals surface area contributed by atoms with Gasteiger partial charge >= 0.3 is 12.0 Å². The van der Waals surface area contributed by atoms with Gasteiger partial charge in [0.05, 0.1) is 0 Å². The average Bonchev–Trinajstić information content (AvgIpc) is 3.10. The number of carboxylic acids is 1. The first-order valence-corrected chi connectivity index (χ1v) is 7.14. The standard InChI is InChI=1S/C13H23N3O3/c1-2-3-11(12(17)18)15-13(19)14-9-6-7-16(8-9)10-4-5-10/h9-11H,2-8H2,1H3,(H,17,18)(H2,14,15,19)/t9?,11-/m0/s1. The van der Waals surface area contributed by atoms with Crippen molar-refractivity contribution >= 4 is 12.0 Å². The maximum Gasteiger partial charge on any atom is 0.326 e. The Morgan fingerprint density at radius 3 is 2.68 bits per heavy atom. The Balaban J connectivity index is 1.72. The van der Waals surface area contributed by atoms with E-state index < -0.39 is 12.0 Å². The van der Waals surface area contributed by atoms with Gasteiger partial charge in [-0.1, -0.05) is 13.3 Å². The van der Waals surface area contributed by atoms with Crippen LogP contribution in [0.25, 0.3) is 0 Å². The first-order valence-electron chi connectivity index (χ1n) is 7.14. The number of carbonyl (C=O) groups excluding carboxylic acids is 1. The first kappa shape index (κ1) is 14.1. The van der Waals surface area contributed by atoms with E-state index in [-0.39, 0.29) is 12.1 Å². The monoisotopic (exact) mass is 269 g/mol. The van der Waals surface area contributed by atoms with Crippen molar-refractivity contribution in [2.24, 2.45) is 0 Å². The quantitative estimate of drug-likeness (QED) is 0.665. The Hall–Kier alpha value is -1.30. The maximum absolute atomic E-state index is 11.8. The zero-order valence-electron chi connectivity index (χ0n) is 11.4. The number of hydrogen-bond donors (Lipinski definition) is 3. The molecule has 0 aromatic heterocycles. The summed E-state index contributed by atoms with van der Waals surface area (Å²) < 4.78 is 0. The number of rotatable bonds is 6. The minimum Gasteiger partial charge on any atom is -0.480 e. The Bertz CT molecular complexity index is 344. The van der Waals surface area contributed by atoms with Crippen LogP contribution in [0.3, 0.4) is 0 Å². The summed E-state index contributed by atoms with van der Waals surface area (Å²) in [6, 6.07) is -0.271. The SMILES string of the molecule is CCC[C@H](NC(=O)NC1CCN(C2CC2)C1)C(=O)O. The van der Waals surface area contributed by atoms with Crippen LogP contribution in [-0.4, -0.2) is 53.2 Å². The van der Waals surface area contributed by atoms with Crippen LogP contribution in [-0.2, 0) is 4.79 Å². The zero-order valence-corrected chi connectivity index (χ0v) is 11.4. The van der Waals surface area contributed by atoms with Crippen LogP contribution in [0.4, 0.5) is 4.79 Å². The summed E-state index contributed by atoms with van der Waals surface area (Å²) in [6.45, 7) is 3.83. The summed E-state index contributed by atoms with van der Waals surface area (Å²) in [5, 5.41) is 14.4. The fourth-order valence-electron chi connectivity index (χ4n) is 2.61. The van der Waals surface area contributed by atoms with Gasteiger partial charge in [0.2, 0.25) is 0 Å². The number of aliphatic carboxylic acids is 1. The van der Waals surface area contributed by atoms with Crippen LogP contribution in [0.2, 0.25) is 0 Å². The molecular formula is C13H23N3O3. The third kappa shape index (κ3) is 4.09. The highest BCUT2D eigenvalue weighted by Gasteiger charge is 2.35. The number of carboxylic acid groups (broad SMARTS) is 1. The number of likely N-dealkylation sites (tertiary alicyclic amines) is 1. The van der Waals surface area contributed by atoms with Gasteiger partial charge in [-0.25, -0.2) is 9.59 Å². The predicted octanol–water partition coefficient (Wildman–Crippen LogP) is 0.776. The van der Waals surface area contributed by atoms with Crippen molar-refractivity contribution in [3.8, 4) is 0 Å². The number of nitrogens with one attached hydrogen (secondary N) is 2. The fourth-order valence-corrected chi connectivity index (χ4v) is 2.61. The molecule has 0 aromatic rings. The fraction of sp³-hybridized carbons (Fsp3) is 0.846. The van der Waals surface area contributed by atoms with Crippen molar-refractivity contribution < 1.29 is 14.7 Å². The summed E-state index contributed by atoms with van der Waals surface area (Å²) in [5.74, 6) is -0.969. The second-order valence-electron chi connectivity index (χ2n) is 5.51. The normalized spacial score (nSPS) is 25.0. The lowest BCUT2D eigenvalue weighted by atomic mass is 10.2. The Morgan fingerprint density at radius 1 is 1.37 bits per heavy atom. The maximum atomic E-state index is 11.8. The molecule has 2 atom stereocenters. The van der Waals surface area contributed by atoms with E-state index in [0.29, 0.717) is 6.42 Å². The van der Waals surface area contributed by atoms with Crippen LogP contribution in [0.15, 0.2) is 0 Å². The van der Waals surface area contributed by atoms with Crippen molar-refractivity contribution in [1.29, 1.82) is 0 Å². The number of amides is 2. The van der Waals surface area contributed by atoms with E-state index >= 15 is 0 Å². The van der Waals surface area contributed by atoms with Crippen molar-refractivity contribution in [3.63, 3.8) is 0 Å². The van der Waals surface area contributed by atoms with Gasteiger partial charge < -0.3 is 15.7 Å². The average molecular weight is 269 g/mol. The molecule has 1 unspecified atom stereocenters. The van der Waals surface area contributed by atoms with E-state index in [4.69, 9.17) is 5.11 Å². The molecule has 2 rings (SSSR count). The van der Waals surface area contributed by atoms with Crippen LogP contribution >= 0.6 is 0 Å². The zero-order chi connectivity index (χ0) is 13.8. The molecule has 2 amide bonds. The highest BCUT2D eigenvalue weighted by molar-refractivity contribution is 5.82. The second kappa shape index (κ2) is 6.23. The van der Waals surface area contributed by atoms with E-state index in [1.807, 2.05) is 6.92 Å². The minimum absolute atomic E-state index is 0.150. The summed E-state index contributed by atoms with van der Waals surface area (Å²) in [5.41, 5.74) is 0. The Morgan fingerprint density at radius 2 is 2.11 bits per heavy atom. The molecule has 3 N–H and O–H groups in total. The molecule has 6 nitrogen and oxygen atoms in total. The van der Waals surface area contributed by atoms with Gasteiger partial charge in [-0.3, -0.25) is 4.90 Å². The van der Waals surface area contributed by atoms with Crippen molar-refractivity contribution in [1.82, 2.24) is 15.5 Å². The summed E-state index contributed by atoms with van der Waals surface area (Å²) in [4.78, 5) is 25.1. The van der Waals surface area contributed by atoms with Gasteiger partial charge in [-0.15, -0.1) is 0 Å². The molecular weight excluding hydrogens is 246 g/mol. The van der Waals surface area contributed by atoms with Crippen molar-refractivity contribution in [2.75, 3.05) is 13.1 Å². The van der Waals surface area contributed by atoms with E-state index in [9.17, 15) is 9.59 Å². The second-order valence-corrected chi connectivity index (χ2v) is 5.51. The molecule has 0 bridgehead atoms. The number of nitrogens with zero attached hydrogens (tertiary/aromatic N) is 1. The topological polar surface area (TPSA) is 81.7 Å². The molecule has 0 radical (unpaired) electrons. The molecule has 0 aromatic carbocycles. The van der Waals surface area contributed by atoms with Gasteiger partial charge in [0, 0.05) is 25.2 Å². The molecule has 1 heterocycles. The molecule has 108 valence electrons. The Kier molecular flexibility index (Phi) is 4.63. The van der Waals surface area contributed by atoms with Gasteiger partial charge in [-0.2, -0.15) is 0 Å². The number of urea groups is 1. The van der Waals surface area contributed by atoms with Crippen molar-refractivity contribution in [2.45, 2.75) is 57.2 Å². The smallest absolute Gasteiger partial charge is 0.326 e. The van der Waals surface area contributed by atoms with Crippen LogP contribution in [0, 0.1) is 0 Å². The first-order chi connectivity index (χ1) is 9.10. The number of hydrogen-bond acceptors (Lipinski definition) is 3. The highest BCUT2D eigenvalue weighted by Crippen LogP contribution is 2.29. The Labute approximate surface area is 113 Å². The molecule has 6 heteroatoms. The number of carbonyl (C=O) groups is 2. The van der Waals surface area contributed by atoms with Gasteiger partial charge in [0.1, 0.15) is 6.04 Å². The summed E-state index contributed by atoms with van der Waals surface area (Å²) in [7, 11) is 0. The molecule has 0 spiro atoms. The van der Waals surface area contributed by atoms with Gasteiger partial charge in [-0.05, 0) is 25.7 Å². The van der Waals surface area contributed by atoms with Crippen LogP contribution in [0.5, 0.6) is 0 Å². The molecule has 1 aliphatic carbocycles. The lowest BCUT2D eigenvalue weighted by Gasteiger charge is -2.18. The van der Waals surface area contributed by atoms with E-state index in [2.05, 4.69) is 15.5 Å². The predicted molar refractivity (Wildman–Crippen MR) is 71.0 cm³/mol. The third-order valence-electron chi connectivity index (χ3n) is 3.80. The molecule has 1 aliphatic heterocycles. The van der Waals surface area contributed by atoms with Crippen molar-refractivity contribution in [3.05, 3.63) is 0 Å². The van der Waals surface area contributed by atoms with Crippen LogP contribution in [0.1, 0.15) is 39.0 Å². The molecule has 19 heavy (non-hydrogen) atoms. The van der Waals surface area contributed by atoms with E-state index in [1.165, 1.54) is 12.8 Å². The largest absolute Gasteiger partial charge is 0.480 e. The summed E-state index contributed by atoms with van der Waals surface area (Å²) in [6.07, 6.45) is 4.69. The third-order valence-corrected chi connectivity index (χ3v) is 3.80. The lowest BCUT2D eigenvalue weighted by Crippen LogP contribution is -2.49. The highest BCUT2D eigenvalue weighted by atomic mass is 16.4. The van der Waals surface area contributed by atoms with Crippen LogP contribution < -0.4 is 10.6 Å². The van der Waals surface area contributed by atoms with E-state index in [1.54, 1.807) is 0 Å². The molecule has 2 aliphatic rings. The van der Waals surface area contributed by atoms with Gasteiger partial charge in [0.15, 0.2) is 0 Å². The minimum atomic E-state index is -0.969. The van der Waals surface area contributed by atoms with E-state index in [0.717, 1.165) is 32.0 Å². The lowest BCUT2D eigenvalue weighted by molar-refractivity contribution is -0.139. The molecule has 1 saturated heterocycles.